The number of pyridine rings is 1. The molecule has 0 saturated carbocycles. The summed E-state index contributed by atoms with van der Waals surface area (Å²) < 4.78 is 63.5. The lowest BCUT2D eigenvalue weighted by molar-refractivity contribution is -0.193. The Kier molecular flexibility index (Phi) is 9.37. The average Bonchev–Trinajstić information content (AvgIpc) is 3.44. The highest BCUT2D eigenvalue weighted by Gasteiger charge is 2.47. The van der Waals surface area contributed by atoms with Crippen LogP contribution in [0.4, 0.5) is 32.0 Å². The van der Waals surface area contributed by atoms with E-state index in [4.69, 9.17) is 19.8 Å². The van der Waals surface area contributed by atoms with Gasteiger partial charge in [-0.2, -0.15) is 26.3 Å². The quantitative estimate of drug-likeness (QED) is 0.565. The first kappa shape index (κ1) is 29.0. The zero-order valence-electron chi connectivity index (χ0n) is 18.5. The molecule has 0 spiro atoms. The molecule has 2 fully saturated rings. The van der Waals surface area contributed by atoms with Gasteiger partial charge in [-0.05, 0) is 25.5 Å². The van der Waals surface area contributed by atoms with Crippen molar-refractivity contribution in [2.24, 2.45) is 0 Å². The van der Waals surface area contributed by atoms with Crippen molar-refractivity contribution in [1.29, 1.82) is 0 Å². The molecule has 4 rings (SSSR count). The van der Waals surface area contributed by atoms with Gasteiger partial charge in [0.25, 0.3) is 0 Å². The molecule has 0 bridgehead atoms. The minimum atomic E-state index is -5.08. The van der Waals surface area contributed by atoms with E-state index in [9.17, 15) is 31.1 Å². The average molecular weight is 542 g/mol. The summed E-state index contributed by atoms with van der Waals surface area (Å²) in [6.07, 6.45) is -5.02. The number of carbonyl (C=O) groups is 3. The zero-order valence-corrected chi connectivity index (χ0v) is 19.3. The molecule has 1 amide bonds. The molecule has 2 saturated heterocycles. The summed E-state index contributed by atoms with van der Waals surface area (Å²) in [7, 11) is 0. The van der Waals surface area contributed by atoms with Crippen LogP contribution >= 0.6 is 11.3 Å². The van der Waals surface area contributed by atoms with Crippen molar-refractivity contribution < 1.29 is 50.9 Å². The largest absolute Gasteiger partial charge is 0.490 e. The summed E-state index contributed by atoms with van der Waals surface area (Å²) >= 11 is 1.69. The predicted octanol–water partition coefficient (Wildman–Crippen LogP) is 3.49. The highest BCUT2D eigenvalue weighted by Crippen LogP contribution is 2.36. The Bertz CT molecular complexity index is 1040. The van der Waals surface area contributed by atoms with Crippen molar-refractivity contribution in [3.8, 4) is 0 Å². The van der Waals surface area contributed by atoms with Gasteiger partial charge in [-0.3, -0.25) is 14.7 Å². The van der Waals surface area contributed by atoms with E-state index in [1.807, 2.05) is 24.0 Å². The first-order valence-corrected chi connectivity index (χ1v) is 11.0. The predicted molar refractivity (Wildman–Crippen MR) is 113 cm³/mol. The smallest absolute Gasteiger partial charge is 0.475 e. The Balaban J connectivity index is 0.000000271. The van der Waals surface area contributed by atoms with Gasteiger partial charge in [-0.15, -0.1) is 11.3 Å². The van der Waals surface area contributed by atoms with E-state index < -0.39 is 24.3 Å². The second-order valence-corrected chi connectivity index (χ2v) is 8.60. The molecule has 2 unspecified atom stereocenters. The van der Waals surface area contributed by atoms with Crippen LogP contribution in [0.5, 0.6) is 0 Å². The summed E-state index contributed by atoms with van der Waals surface area (Å²) in [5.41, 5.74) is 2.04. The summed E-state index contributed by atoms with van der Waals surface area (Å²) in [5, 5.41) is 17.5. The minimum absolute atomic E-state index is 0.210. The first-order chi connectivity index (χ1) is 16.6. The lowest BCUT2D eigenvalue weighted by Gasteiger charge is -2.24. The number of rotatable bonds is 3. The number of aliphatic carboxylic acids is 2. The highest BCUT2D eigenvalue weighted by molar-refractivity contribution is 7.09. The molecule has 16 heteroatoms. The van der Waals surface area contributed by atoms with Gasteiger partial charge >= 0.3 is 24.3 Å². The molecule has 36 heavy (non-hydrogen) atoms. The van der Waals surface area contributed by atoms with E-state index in [-0.39, 0.29) is 11.9 Å². The van der Waals surface area contributed by atoms with Crippen molar-refractivity contribution >= 4 is 34.9 Å². The Morgan fingerprint density at radius 3 is 2.14 bits per heavy atom. The number of carbonyl (C=O) groups excluding carboxylic acids is 1. The molecule has 198 valence electrons. The topological polar surface area (TPSA) is 124 Å². The Hall–Kier alpha value is -3.27. The Morgan fingerprint density at radius 1 is 1.11 bits per heavy atom. The number of aromatic nitrogens is 2. The molecule has 0 radical (unpaired) electrons. The standard InChI is InChI=1S/C16H18N4OS.2C2HF3O2/c1-11-18-12(10-22-11)9-19-6-4-14-15(19)7-16(21)20(14)13-3-2-5-17-8-13;2*3-2(4,5)1(6)7/h2-3,5,8,10,14-15H,4,6-7,9H2,1H3;2*(H,6,7). The number of aryl methyl sites for hydroxylation is 1. The van der Waals surface area contributed by atoms with Gasteiger partial charge in [-0.1, -0.05) is 0 Å². The van der Waals surface area contributed by atoms with Crippen LogP contribution in [-0.2, 0) is 20.9 Å². The molecule has 0 aliphatic carbocycles. The molecule has 2 aromatic heterocycles. The van der Waals surface area contributed by atoms with Gasteiger partial charge in [0.2, 0.25) is 5.91 Å². The van der Waals surface area contributed by atoms with Crippen molar-refractivity contribution in [3.05, 3.63) is 40.6 Å². The molecule has 2 aliphatic rings. The van der Waals surface area contributed by atoms with Crippen LogP contribution in [0.15, 0.2) is 29.9 Å². The normalized spacial score (nSPS) is 19.6. The number of hydrogen-bond acceptors (Lipinski definition) is 7. The number of carboxylic acids is 2. The summed E-state index contributed by atoms with van der Waals surface area (Å²) in [6.45, 7) is 3.90. The zero-order chi connectivity index (χ0) is 27.3. The monoisotopic (exact) mass is 542 g/mol. The van der Waals surface area contributed by atoms with Crippen molar-refractivity contribution in [1.82, 2.24) is 14.9 Å². The van der Waals surface area contributed by atoms with Crippen molar-refractivity contribution in [2.75, 3.05) is 11.4 Å². The highest BCUT2D eigenvalue weighted by atomic mass is 32.1. The number of thiazole rings is 1. The van der Waals surface area contributed by atoms with Crippen molar-refractivity contribution in [2.45, 2.75) is 50.7 Å². The van der Waals surface area contributed by atoms with Gasteiger partial charge in [0.1, 0.15) is 0 Å². The number of hydrogen-bond donors (Lipinski definition) is 2. The maximum absolute atomic E-state index is 12.4. The second-order valence-electron chi connectivity index (χ2n) is 7.54. The van der Waals surface area contributed by atoms with Crippen LogP contribution < -0.4 is 4.90 Å². The van der Waals surface area contributed by atoms with Gasteiger partial charge in [-0.25, -0.2) is 14.6 Å². The summed E-state index contributed by atoms with van der Waals surface area (Å²) in [5.74, 6) is -5.30. The molecule has 2 aliphatic heterocycles. The van der Waals surface area contributed by atoms with E-state index in [2.05, 4.69) is 20.2 Å². The van der Waals surface area contributed by atoms with E-state index in [1.54, 1.807) is 23.7 Å². The molecule has 9 nitrogen and oxygen atoms in total. The van der Waals surface area contributed by atoms with Crippen LogP contribution in [0.2, 0.25) is 0 Å². The van der Waals surface area contributed by atoms with Crippen LogP contribution in [0.25, 0.3) is 0 Å². The fourth-order valence-corrected chi connectivity index (χ4v) is 4.25. The van der Waals surface area contributed by atoms with Gasteiger partial charge < -0.3 is 15.1 Å². The number of alkyl halides is 6. The fraction of sp³-hybridized carbons (Fsp3) is 0.450. The Labute approximate surface area is 204 Å². The van der Waals surface area contributed by atoms with Crippen molar-refractivity contribution in [3.63, 3.8) is 0 Å². The van der Waals surface area contributed by atoms with Gasteiger partial charge in [0.15, 0.2) is 0 Å². The summed E-state index contributed by atoms with van der Waals surface area (Å²) in [6, 6.07) is 4.44. The number of fused-ring (bicyclic) bond motifs is 1. The van der Waals surface area contributed by atoms with Crippen LogP contribution in [-0.4, -0.2) is 73.9 Å². The summed E-state index contributed by atoms with van der Waals surface area (Å²) in [4.78, 5) is 43.3. The first-order valence-electron chi connectivity index (χ1n) is 10.1. The molecule has 2 aromatic rings. The number of halogens is 6. The van der Waals surface area contributed by atoms with E-state index >= 15 is 0 Å². The third-order valence-electron chi connectivity index (χ3n) is 5.05. The van der Waals surface area contributed by atoms with E-state index in [0.717, 1.165) is 35.9 Å². The van der Waals surface area contributed by atoms with Crippen LogP contribution in [0.3, 0.4) is 0 Å². The molecule has 2 atom stereocenters. The maximum atomic E-state index is 12.4. The number of anilines is 1. The number of amides is 1. The van der Waals surface area contributed by atoms with Gasteiger partial charge in [0.05, 0.1) is 28.6 Å². The number of nitrogens with zero attached hydrogens (tertiary/aromatic N) is 4. The third-order valence-corrected chi connectivity index (χ3v) is 5.87. The molecule has 4 heterocycles. The van der Waals surface area contributed by atoms with Crippen LogP contribution in [0, 0.1) is 6.92 Å². The molecular formula is C20H20F6N4O5S. The van der Waals surface area contributed by atoms with E-state index in [1.165, 1.54) is 0 Å². The lowest BCUT2D eigenvalue weighted by atomic mass is 10.1. The SMILES string of the molecule is Cc1nc(CN2CCC3C2CC(=O)N3c2cccnc2)cs1.O=C(O)C(F)(F)F.O=C(O)C(F)(F)F. The molecule has 0 aromatic carbocycles. The van der Waals surface area contributed by atoms with Crippen LogP contribution in [0.1, 0.15) is 23.5 Å². The third kappa shape index (κ3) is 7.87. The second kappa shape index (κ2) is 11.6. The molecular weight excluding hydrogens is 522 g/mol. The van der Waals surface area contributed by atoms with E-state index in [0.29, 0.717) is 12.5 Å². The number of likely N-dealkylation sites (tertiary alicyclic amines) is 1. The lowest BCUT2D eigenvalue weighted by Crippen LogP contribution is -2.37. The minimum Gasteiger partial charge on any atom is -0.475 e. The molecule has 2 N–H and O–H groups in total. The maximum Gasteiger partial charge on any atom is 0.490 e. The number of carboxylic acid groups (broad SMARTS) is 2. The fourth-order valence-electron chi connectivity index (χ4n) is 3.65. The van der Waals surface area contributed by atoms with Gasteiger partial charge in [0, 0.05) is 37.1 Å². The Morgan fingerprint density at radius 2 is 1.69 bits per heavy atom.